The first-order valence-electron chi connectivity index (χ1n) is 14.4. The van der Waals surface area contributed by atoms with E-state index in [0.29, 0.717) is 30.0 Å². The van der Waals surface area contributed by atoms with E-state index in [4.69, 9.17) is 5.10 Å². The lowest BCUT2D eigenvalue weighted by molar-refractivity contribution is -0.138. The molecule has 0 radical (unpaired) electrons. The van der Waals surface area contributed by atoms with Crippen molar-refractivity contribution in [2.24, 2.45) is 0 Å². The molecule has 2 saturated heterocycles. The Kier molecular flexibility index (Phi) is 8.47. The van der Waals surface area contributed by atoms with Crippen LogP contribution in [0.3, 0.4) is 0 Å². The number of carbonyl (C=O) groups excluding carboxylic acids is 1. The molecule has 3 aromatic heterocycles. The second kappa shape index (κ2) is 12.6. The van der Waals surface area contributed by atoms with E-state index in [1.165, 1.54) is 24.5 Å². The molecule has 13 heteroatoms. The fraction of sp³-hybridized carbons (Fsp3) is 0.355. The highest BCUT2D eigenvalue weighted by Crippen LogP contribution is 2.34. The molecule has 2 aliphatic rings. The number of likely N-dealkylation sites (N-methyl/N-ethyl adjacent to an activating group) is 1. The van der Waals surface area contributed by atoms with E-state index in [1.807, 2.05) is 24.1 Å². The number of hydrogen-bond acceptors (Lipinski definition) is 8. The summed E-state index contributed by atoms with van der Waals surface area (Å²) in [5.74, 6) is 6.30. The van der Waals surface area contributed by atoms with Gasteiger partial charge in [0.25, 0.3) is 5.91 Å². The standard InChI is InChI=1S/C31H32F3N9O/c1-40-12-14-41(15-13-40)21-23-3-4-25(17-27(23)31(32,33)34)38-30(44)24-16-22(18-36-19-24)2-5-26-20-37-28-6-7-29(39-43(26)28)42-10-8-35-9-11-42/h3-4,6-7,16-20,35H,8-15,21H2,1H3,(H,38,44). The van der Waals surface area contributed by atoms with Gasteiger partial charge in [-0.05, 0) is 48.9 Å². The Balaban J connectivity index is 1.17. The van der Waals surface area contributed by atoms with Gasteiger partial charge >= 0.3 is 6.18 Å². The number of anilines is 2. The van der Waals surface area contributed by atoms with Crippen LogP contribution in [-0.4, -0.2) is 94.7 Å². The predicted molar refractivity (Wildman–Crippen MR) is 160 cm³/mol. The monoisotopic (exact) mass is 603 g/mol. The molecule has 0 bridgehead atoms. The van der Waals surface area contributed by atoms with Crippen LogP contribution in [0.1, 0.15) is 32.7 Å². The van der Waals surface area contributed by atoms with E-state index < -0.39 is 17.6 Å². The first-order valence-corrected chi connectivity index (χ1v) is 14.4. The normalized spacial score (nSPS) is 16.5. The topological polar surface area (TPSA) is 93.9 Å². The zero-order chi connectivity index (χ0) is 30.7. The summed E-state index contributed by atoms with van der Waals surface area (Å²) in [6.07, 6.45) is -0.0609. The lowest BCUT2D eigenvalue weighted by Crippen LogP contribution is -2.44. The number of aromatic nitrogens is 4. The van der Waals surface area contributed by atoms with E-state index in [1.54, 1.807) is 16.8 Å². The fourth-order valence-corrected chi connectivity index (χ4v) is 5.29. The molecule has 1 aromatic carbocycles. The minimum absolute atomic E-state index is 0.0537. The van der Waals surface area contributed by atoms with Gasteiger partial charge in [-0.25, -0.2) is 9.50 Å². The van der Waals surface area contributed by atoms with Crippen molar-refractivity contribution in [3.8, 4) is 11.8 Å². The zero-order valence-corrected chi connectivity index (χ0v) is 24.2. The van der Waals surface area contributed by atoms with Crippen LogP contribution in [0, 0.1) is 11.8 Å². The molecule has 6 rings (SSSR count). The Morgan fingerprint density at radius 1 is 0.977 bits per heavy atom. The summed E-state index contributed by atoms with van der Waals surface area (Å²) in [6, 6.07) is 9.31. The highest BCUT2D eigenvalue weighted by molar-refractivity contribution is 6.04. The lowest BCUT2D eigenvalue weighted by Gasteiger charge is -2.33. The van der Waals surface area contributed by atoms with Crippen molar-refractivity contribution in [3.05, 3.63) is 82.9 Å². The highest BCUT2D eigenvalue weighted by Gasteiger charge is 2.34. The van der Waals surface area contributed by atoms with Gasteiger partial charge in [0.15, 0.2) is 5.65 Å². The van der Waals surface area contributed by atoms with Crippen molar-refractivity contribution in [1.82, 2.24) is 34.7 Å². The third-order valence-electron chi connectivity index (χ3n) is 7.79. The van der Waals surface area contributed by atoms with Gasteiger partial charge < -0.3 is 20.4 Å². The molecular formula is C31H32F3N9O. The number of carbonyl (C=O) groups is 1. The molecule has 2 fully saturated rings. The van der Waals surface area contributed by atoms with Crippen LogP contribution in [0.4, 0.5) is 24.7 Å². The third kappa shape index (κ3) is 6.83. The van der Waals surface area contributed by atoms with Gasteiger partial charge in [-0.1, -0.05) is 12.0 Å². The van der Waals surface area contributed by atoms with Crippen molar-refractivity contribution in [3.63, 3.8) is 0 Å². The van der Waals surface area contributed by atoms with Crippen molar-refractivity contribution in [1.29, 1.82) is 0 Å². The number of imidazole rings is 1. The first-order chi connectivity index (χ1) is 21.2. The minimum atomic E-state index is -4.56. The summed E-state index contributed by atoms with van der Waals surface area (Å²) in [5.41, 5.74) is 1.34. The van der Waals surface area contributed by atoms with Gasteiger partial charge in [0.1, 0.15) is 11.5 Å². The second-order valence-corrected chi connectivity index (χ2v) is 11.0. The Labute approximate surface area is 252 Å². The first kappa shape index (κ1) is 29.6. The van der Waals surface area contributed by atoms with Crippen LogP contribution in [0.5, 0.6) is 0 Å². The van der Waals surface area contributed by atoms with Gasteiger partial charge in [-0.3, -0.25) is 14.7 Å². The number of fused-ring (bicyclic) bond motifs is 1. The van der Waals surface area contributed by atoms with Crippen LogP contribution < -0.4 is 15.5 Å². The average molecular weight is 604 g/mol. The molecule has 5 heterocycles. The number of nitrogens with zero attached hydrogens (tertiary/aromatic N) is 7. The molecule has 0 aliphatic carbocycles. The lowest BCUT2D eigenvalue weighted by atomic mass is 10.0. The van der Waals surface area contributed by atoms with Crippen LogP contribution >= 0.6 is 0 Å². The Hall–Kier alpha value is -4.51. The molecular weight excluding hydrogens is 571 g/mol. The number of benzene rings is 1. The maximum absolute atomic E-state index is 14.0. The summed E-state index contributed by atoms with van der Waals surface area (Å²) < 4.78 is 43.7. The molecule has 0 spiro atoms. The van der Waals surface area contributed by atoms with E-state index in [0.717, 1.165) is 51.2 Å². The minimum Gasteiger partial charge on any atom is -0.353 e. The van der Waals surface area contributed by atoms with Crippen LogP contribution in [0.25, 0.3) is 5.65 Å². The van der Waals surface area contributed by atoms with E-state index in [9.17, 15) is 18.0 Å². The number of hydrogen-bond donors (Lipinski definition) is 2. The molecule has 2 N–H and O–H groups in total. The molecule has 4 aromatic rings. The summed E-state index contributed by atoms with van der Waals surface area (Å²) in [7, 11) is 2.00. The molecule has 44 heavy (non-hydrogen) atoms. The second-order valence-electron chi connectivity index (χ2n) is 11.0. The average Bonchev–Trinajstić information content (AvgIpc) is 3.44. The number of amides is 1. The van der Waals surface area contributed by atoms with Crippen molar-refractivity contribution >= 4 is 23.1 Å². The predicted octanol–water partition coefficient (Wildman–Crippen LogP) is 2.95. The zero-order valence-electron chi connectivity index (χ0n) is 24.2. The number of pyridine rings is 1. The van der Waals surface area contributed by atoms with Crippen LogP contribution in [-0.2, 0) is 12.7 Å². The largest absolute Gasteiger partial charge is 0.416 e. The van der Waals surface area contributed by atoms with Crippen molar-refractivity contribution in [2.75, 3.05) is 69.6 Å². The molecule has 2 aliphatic heterocycles. The fourth-order valence-electron chi connectivity index (χ4n) is 5.29. The van der Waals surface area contributed by atoms with Gasteiger partial charge in [0.2, 0.25) is 0 Å². The van der Waals surface area contributed by atoms with Crippen molar-refractivity contribution < 1.29 is 18.0 Å². The van der Waals surface area contributed by atoms with Gasteiger partial charge in [-0.15, -0.1) is 5.10 Å². The number of piperazine rings is 2. The van der Waals surface area contributed by atoms with E-state index in [-0.39, 0.29) is 23.4 Å². The van der Waals surface area contributed by atoms with E-state index >= 15 is 0 Å². The number of nitrogens with one attached hydrogen (secondary N) is 2. The smallest absolute Gasteiger partial charge is 0.353 e. The van der Waals surface area contributed by atoms with E-state index in [2.05, 4.69) is 42.2 Å². The van der Waals surface area contributed by atoms with Gasteiger partial charge in [0, 0.05) is 82.5 Å². The molecule has 1 amide bonds. The molecule has 228 valence electrons. The maximum atomic E-state index is 14.0. The van der Waals surface area contributed by atoms with Gasteiger partial charge in [-0.2, -0.15) is 13.2 Å². The van der Waals surface area contributed by atoms with Crippen LogP contribution in [0.15, 0.2) is 55.0 Å². The van der Waals surface area contributed by atoms with Gasteiger partial charge in [0.05, 0.1) is 17.3 Å². The number of rotatable bonds is 5. The summed E-state index contributed by atoms with van der Waals surface area (Å²) in [6.45, 7) is 6.69. The maximum Gasteiger partial charge on any atom is 0.416 e. The molecule has 0 saturated carbocycles. The Bertz CT molecular complexity index is 1710. The molecule has 0 atom stereocenters. The number of halogens is 3. The number of alkyl halides is 3. The molecule has 0 unspecified atom stereocenters. The molecule has 10 nitrogen and oxygen atoms in total. The summed E-state index contributed by atoms with van der Waals surface area (Å²) in [5, 5.41) is 10.6. The highest BCUT2D eigenvalue weighted by atomic mass is 19.4. The summed E-state index contributed by atoms with van der Waals surface area (Å²) >= 11 is 0. The quantitative estimate of drug-likeness (QED) is 0.337. The van der Waals surface area contributed by atoms with Crippen LogP contribution in [0.2, 0.25) is 0 Å². The Morgan fingerprint density at radius 3 is 2.55 bits per heavy atom. The summed E-state index contributed by atoms with van der Waals surface area (Å²) in [4.78, 5) is 27.9. The Morgan fingerprint density at radius 2 is 1.77 bits per heavy atom. The SMILES string of the molecule is CN1CCN(Cc2ccc(NC(=O)c3cncc(C#Cc4cnc5ccc(N6CCNCC6)nn45)c3)cc2C(F)(F)F)CC1. The third-order valence-corrected chi connectivity index (χ3v) is 7.79. The van der Waals surface area contributed by atoms with Crippen molar-refractivity contribution in [2.45, 2.75) is 12.7 Å².